The molecule has 1 N–H and O–H groups in total. The zero-order chi connectivity index (χ0) is 17.9. The highest BCUT2D eigenvalue weighted by atomic mass is 16.5. The third kappa shape index (κ3) is 3.66. The minimum absolute atomic E-state index is 0.0000354. The lowest BCUT2D eigenvalue weighted by Gasteiger charge is -2.25. The first-order valence-electron chi connectivity index (χ1n) is 9.28. The number of carbonyl (C=O) groups is 2. The number of esters is 1. The van der Waals surface area contributed by atoms with E-state index in [9.17, 15) is 9.59 Å². The first kappa shape index (κ1) is 16.9. The Morgan fingerprint density at radius 3 is 2.62 bits per heavy atom. The molecule has 2 fully saturated rings. The van der Waals surface area contributed by atoms with Crippen molar-refractivity contribution in [2.45, 2.75) is 44.2 Å². The van der Waals surface area contributed by atoms with E-state index in [1.54, 1.807) is 12.1 Å². The van der Waals surface area contributed by atoms with E-state index in [4.69, 9.17) is 9.15 Å². The second-order valence-electron chi connectivity index (χ2n) is 7.34. The fraction of sp³-hybridized carbons (Fsp3) is 0.429. The molecule has 2 bridgehead atoms. The highest BCUT2D eigenvalue weighted by molar-refractivity contribution is 5.94. The molecule has 1 aromatic heterocycles. The number of nitrogens with one attached hydrogen (secondary N) is 1. The quantitative estimate of drug-likeness (QED) is 0.809. The molecule has 0 aliphatic heterocycles. The summed E-state index contributed by atoms with van der Waals surface area (Å²) in [5.41, 5.74) is 0.974. The van der Waals surface area contributed by atoms with Crippen molar-refractivity contribution < 1.29 is 18.7 Å². The number of furan rings is 1. The molecule has 2 aliphatic carbocycles. The van der Waals surface area contributed by atoms with E-state index >= 15 is 0 Å². The van der Waals surface area contributed by atoms with Crippen LogP contribution in [-0.4, -0.2) is 24.0 Å². The molecule has 1 heterocycles. The topological polar surface area (TPSA) is 68.5 Å². The van der Waals surface area contributed by atoms with Gasteiger partial charge in [0.05, 0.1) is 6.26 Å². The summed E-state index contributed by atoms with van der Waals surface area (Å²) >= 11 is 0. The zero-order valence-corrected chi connectivity index (χ0v) is 14.6. The molecule has 2 saturated carbocycles. The van der Waals surface area contributed by atoms with Crippen LogP contribution < -0.4 is 5.32 Å². The van der Waals surface area contributed by atoms with Gasteiger partial charge in [0.1, 0.15) is 12.1 Å². The Morgan fingerprint density at radius 1 is 1.12 bits per heavy atom. The molecule has 26 heavy (non-hydrogen) atoms. The van der Waals surface area contributed by atoms with Gasteiger partial charge in [-0.25, -0.2) is 4.79 Å². The fourth-order valence-electron chi connectivity index (χ4n) is 4.24. The smallest absolute Gasteiger partial charge is 0.329 e. The Morgan fingerprint density at radius 2 is 1.96 bits per heavy atom. The van der Waals surface area contributed by atoms with Crippen LogP contribution in [0.25, 0.3) is 0 Å². The van der Waals surface area contributed by atoms with E-state index in [1.807, 2.05) is 30.3 Å². The van der Waals surface area contributed by atoms with Crippen molar-refractivity contribution in [1.82, 2.24) is 5.32 Å². The van der Waals surface area contributed by atoms with Crippen LogP contribution in [0, 0.1) is 11.8 Å². The van der Waals surface area contributed by atoms with Crippen LogP contribution in [0.15, 0.2) is 53.1 Å². The Kier molecular flexibility index (Phi) is 4.78. The van der Waals surface area contributed by atoms with E-state index in [2.05, 4.69) is 5.32 Å². The summed E-state index contributed by atoms with van der Waals surface area (Å²) in [5, 5.41) is 2.78. The van der Waals surface area contributed by atoms with Crippen LogP contribution in [0.1, 0.15) is 41.8 Å². The lowest BCUT2D eigenvalue weighted by molar-refractivity contribution is -0.153. The highest BCUT2D eigenvalue weighted by Crippen LogP contribution is 2.45. The molecule has 4 atom stereocenters. The van der Waals surface area contributed by atoms with Crippen LogP contribution in [0.3, 0.4) is 0 Å². The number of carbonyl (C=O) groups excluding carboxylic acids is 2. The molecule has 0 unspecified atom stereocenters. The standard InChI is InChI=1S/C21H23NO4/c23-20(18-7-4-10-25-18)22-17(12-14-5-2-1-3-6-14)21(24)26-19-13-15-8-9-16(19)11-15/h1-7,10,15-17,19H,8-9,11-13H2,(H,22,23)/t15-,16-,17+,19+/m0/s1. The van der Waals surface area contributed by atoms with Crippen LogP contribution in [0.4, 0.5) is 0 Å². The van der Waals surface area contributed by atoms with E-state index in [0.717, 1.165) is 18.4 Å². The number of benzene rings is 1. The van der Waals surface area contributed by atoms with Gasteiger partial charge < -0.3 is 14.5 Å². The number of ether oxygens (including phenoxy) is 1. The minimum atomic E-state index is -0.728. The molecule has 2 aliphatic rings. The largest absolute Gasteiger partial charge is 0.461 e. The monoisotopic (exact) mass is 353 g/mol. The number of amides is 1. The van der Waals surface area contributed by atoms with Crippen LogP contribution in [0.2, 0.25) is 0 Å². The SMILES string of the molecule is O=C(N[C@H](Cc1ccccc1)C(=O)O[C@@H]1C[C@H]2CC[C@H]1C2)c1ccco1. The van der Waals surface area contributed by atoms with Crippen molar-refractivity contribution in [3.05, 3.63) is 60.1 Å². The maximum atomic E-state index is 12.8. The van der Waals surface area contributed by atoms with Gasteiger partial charge in [-0.2, -0.15) is 0 Å². The van der Waals surface area contributed by atoms with Gasteiger partial charge in [0.25, 0.3) is 5.91 Å². The predicted octanol–water partition coefficient (Wildman–Crippen LogP) is 3.35. The van der Waals surface area contributed by atoms with E-state index in [1.165, 1.54) is 19.1 Å². The molecule has 0 spiro atoms. The summed E-state index contributed by atoms with van der Waals surface area (Å²) < 4.78 is 10.9. The molecule has 1 amide bonds. The second-order valence-corrected chi connectivity index (χ2v) is 7.34. The lowest BCUT2D eigenvalue weighted by Crippen LogP contribution is -2.45. The first-order valence-corrected chi connectivity index (χ1v) is 9.28. The summed E-state index contributed by atoms with van der Waals surface area (Å²) in [7, 11) is 0. The van der Waals surface area contributed by atoms with Crippen molar-refractivity contribution in [2.24, 2.45) is 11.8 Å². The summed E-state index contributed by atoms with van der Waals surface area (Å²) in [5.74, 6) is 0.619. The molecule has 136 valence electrons. The fourth-order valence-corrected chi connectivity index (χ4v) is 4.24. The number of rotatable bonds is 6. The number of hydrogen-bond donors (Lipinski definition) is 1. The third-order valence-corrected chi connectivity index (χ3v) is 5.56. The summed E-state index contributed by atoms with van der Waals surface area (Å²) in [6, 6.07) is 12.1. The van der Waals surface area contributed by atoms with Crippen LogP contribution in [-0.2, 0) is 16.0 Å². The average Bonchev–Trinajstić information content (AvgIpc) is 3.40. The molecule has 5 heteroatoms. The molecule has 1 aromatic carbocycles. The Hall–Kier alpha value is -2.56. The van der Waals surface area contributed by atoms with Crippen LogP contribution in [0.5, 0.6) is 0 Å². The average molecular weight is 353 g/mol. The molecular weight excluding hydrogens is 330 g/mol. The van der Waals surface area contributed by atoms with Crippen molar-refractivity contribution in [3.8, 4) is 0 Å². The van der Waals surface area contributed by atoms with Gasteiger partial charge in [-0.05, 0) is 55.2 Å². The van der Waals surface area contributed by atoms with Gasteiger partial charge in [0.2, 0.25) is 0 Å². The first-order chi connectivity index (χ1) is 12.7. The van der Waals surface area contributed by atoms with Crippen molar-refractivity contribution >= 4 is 11.9 Å². The molecular formula is C21H23NO4. The predicted molar refractivity (Wildman–Crippen MR) is 95.4 cm³/mol. The van der Waals surface area contributed by atoms with Gasteiger partial charge >= 0.3 is 5.97 Å². The van der Waals surface area contributed by atoms with Gasteiger partial charge in [-0.1, -0.05) is 30.3 Å². The van der Waals surface area contributed by atoms with Crippen molar-refractivity contribution in [2.75, 3.05) is 0 Å². The maximum Gasteiger partial charge on any atom is 0.329 e. The van der Waals surface area contributed by atoms with Gasteiger partial charge in [0, 0.05) is 6.42 Å². The summed E-state index contributed by atoms with van der Waals surface area (Å²) in [6.07, 6.45) is 6.36. The Bertz CT molecular complexity index is 756. The third-order valence-electron chi connectivity index (χ3n) is 5.56. The normalized spacial score (nSPS) is 25.0. The Balaban J connectivity index is 1.45. The highest BCUT2D eigenvalue weighted by Gasteiger charge is 2.42. The van der Waals surface area contributed by atoms with E-state index in [0.29, 0.717) is 18.3 Å². The maximum absolute atomic E-state index is 12.8. The second kappa shape index (κ2) is 7.36. The Labute approximate surface area is 152 Å². The van der Waals surface area contributed by atoms with Gasteiger partial charge in [-0.15, -0.1) is 0 Å². The molecule has 2 aromatic rings. The summed E-state index contributed by atoms with van der Waals surface area (Å²) in [6.45, 7) is 0. The van der Waals surface area contributed by atoms with E-state index < -0.39 is 11.9 Å². The molecule has 0 radical (unpaired) electrons. The number of hydrogen-bond acceptors (Lipinski definition) is 4. The minimum Gasteiger partial charge on any atom is -0.461 e. The number of fused-ring (bicyclic) bond motifs is 2. The molecule has 4 rings (SSSR count). The van der Waals surface area contributed by atoms with E-state index in [-0.39, 0.29) is 17.8 Å². The van der Waals surface area contributed by atoms with Gasteiger partial charge in [-0.3, -0.25) is 4.79 Å². The summed E-state index contributed by atoms with van der Waals surface area (Å²) in [4.78, 5) is 25.2. The van der Waals surface area contributed by atoms with Crippen molar-refractivity contribution in [1.29, 1.82) is 0 Å². The molecule has 0 saturated heterocycles. The zero-order valence-electron chi connectivity index (χ0n) is 14.6. The van der Waals surface area contributed by atoms with Gasteiger partial charge in [0.15, 0.2) is 5.76 Å². The lowest BCUT2D eigenvalue weighted by atomic mass is 9.97. The van der Waals surface area contributed by atoms with Crippen LogP contribution >= 0.6 is 0 Å². The molecule has 5 nitrogen and oxygen atoms in total. The van der Waals surface area contributed by atoms with Crippen molar-refractivity contribution in [3.63, 3.8) is 0 Å².